The van der Waals surface area contributed by atoms with Crippen LogP contribution in [-0.2, 0) is 4.74 Å². The quantitative estimate of drug-likeness (QED) is 0.821. The molecule has 0 atom stereocenters. The summed E-state index contributed by atoms with van der Waals surface area (Å²) in [5, 5.41) is 5.67. The Kier molecular flexibility index (Phi) is 5.29. The topological polar surface area (TPSA) is 89.0 Å². The van der Waals surface area contributed by atoms with Crippen molar-refractivity contribution in [3.8, 4) is 0 Å². The first-order valence-electron chi connectivity index (χ1n) is 5.85. The lowest BCUT2D eigenvalue weighted by Gasteiger charge is -2.19. The molecule has 1 rings (SSSR count). The molecule has 0 aromatic carbocycles. The van der Waals surface area contributed by atoms with E-state index in [1.165, 1.54) is 0 Å². The Morgan fingerprint density at radius 1 is 1.26 bits per heavy atom. The van der Waals surface area contributed by atoms with Crippen LogP contribution in [0.2, 0.25) is 5.28 Å². The number of hydrogen-bond donors (Lipinski definition) is 2. The molecule has 1 aromatic heterocycles. The smallest absolute Gasteiger partial charge is 0.407 e. The highest BCUT2D eigenvalue weighted by molar-refractivity contribution is 6.28. The molecule has 106 valence electrons. The van der Waals surface area contributed by atoms with E-state index < -0.39 is 11.7 Å². The van der Waals surface area contributed by atoms with Crippen molar-refractivity contribution in [3.63, 3.8) is 0 Å². The van der Waals surface area contributed by atoms with Gasteiger partial charge in [-0.1, -0.05) is 0 Å². The van der Waals surface area contributed by atoms with Crippen LogP contribution < -0.4 is 10.6 Å². The van der Waals surface area contributed by atoms with Gasteiger partial charge in [0.15, 0.2) is 0 Å². The number of alkyl carbamates (subject to hydrolysis) is 1. The van der Waals surface area contributed by atoms with Crippen LogP contribution >= 0.6 is 11.6 Å². The van der Waals surface area contributed by atoms with Crippen LogP contribution in [0.4, 0.5) is 10.7 Å². The van der Waals surface area contributed by atoms with Crippen molar-refractivity contribution < 1.29 is 9.53 Å². The Morgan fingerprint density at radius 3 is 2.53 bits per heavy atom. The molecule has 1 aromatic rings. The summed E-state index contributed by atoms with van der Waals surface area (Å²) in [6.45, 7) is 7.98. The molecule has 0 unspecified atom stereocenters. The standard InChI is InChI=1S/C11H18ClN5O2/c1-7-15-8(12)17-9(16-7)13-5-6-14-10(18)19-11(2,3)4/h5-6H2,1-4H3,(H,14,18)(H,13,15,16,17). The SMILES string of the molecule is Cc1nc(Cl)nc(NCCNC(=O)OC(C)(C)C)n1. The third-order valence-corrected chi connectivity index (χ3v) is 1.97. The van der Waals surface area contributed by atoms with Gasteiger partial charge in [0, 0.05) is 13.1 Å². The van der Waals surface area contributed by atoms with E-state index in [0.717, 1.165) is 0 Å². The molecule has 0 bridgehead atoms. The van der Waals surface area contributed by atoms with Crippen LogP contribution in [0.1, 0.15) is 26.6 Å². The van der Waals surface area contributed by atoms with E-state index in [4.69, 9.17) is 16.3 Å². The Labute approximate surface area is 117 Å². The van der Waals surface area contributed by atoms with Crippen molar-refractivity contribution in [2.24, 2.45) is 0 Å². The van der Waals surface area contributed by atoms with Gasteiger partial charge in [-0.25, -0.2) is 9.78 Å². The van der Waals surface area contributed by atoms with Crippen LogP contribution in [0, 0.1) is 6.92 Å². The first kappa shape index (κ1) is 15.4. The first-order chi connectivity index (χ1) is 8.76. The number of carbonyl (C=O) groups is 1. The summed E-state index contributed by atoms with van der Waals surface area (Å²) in [5.74, 6) is 0.908. The molecule has 0 aliphatic carbocycles. The normalized spacial score (nSPS) is 11.0. The van der Waals surface area contributed by atoms with Crippen molar-refractivity contribution in [2.75, 3.05) is 18.4 Å². The number of carbonyl (C=O) groups excluding carboxylic acids is 1. The number of rotatable bonds is 4. The third kappa shape index (κ3) is 6.76. The van der Waals surface area contributed by atoms with Crippen molar-refractivity contribution in [3.05, 3.63) is 11.1 Å². The summed E-state index contributed by atoms with van der Waals surface area (Å²) in [6, 6.07) is 0. The van der Waals surface area contributed by atoms with Gasteiger partial charge in [0.1, 0.15) is 11.4 Å². The Bertz CT molecular complexity index is 427. The van der Waals surface area contributed by atoms with E-state index >= 15 is 0 Å². The van der Waals surface area contributed by atoms with Gasteiger partial charge in [-0.2, -0.15) is 9.97 Å². The first-order valence-corrected chi connectivity index (χ1v) is 6.23. The molecular formula is C11H18ClN5O2. The monoisotopic (exact) mass is 287 g/mol. The fraction of sp³-hybridized carbons (Fsp3) is 0.636. The van der Waals surface area contributed by atoms with Gasteiger partial charge in [-0.05, 0) is 39.3 Å². The predicted octanol–water partition coefficient (Wildman–Crippen LogP) is 1.77. The van der Waals surface area contributed by atoms with Gasteiger partial charge < -0.3 is 15.4 Å². The molecule has 0 saturated carbocycles. The maximum absolute atomic E-state index is 11.4. The number of amides is 1. The van der Waals surface area contributed by atoms with Crippen LogP contribution in [0.25, 0.3) is 0 Å². The van der Waals surface area contributed by atoms with Crippen LogP contribution in [0.3, 0.4) is 0 Å². The molecule has 1 amide bonds. The lowest BCUT2D eigenvalue weighted by atomic mass is 10.2. The summed E-state index contributed by atoms with van der Waals surface area (Å²) in [7, 11) is 0. The van der Waals surface area contributed by atoms with E-state index in [9.17, 15) is 4.79 Å². The van der Waals surface area contributed by atoms with E-state index in [1.807, 2.05) is 0 Å². The van der Waals surface area contributed by atoms with Crippen LogP contribution in [0.15, 0.2) is 0 Å². The molecule has 0 radical (unpaired) electrons. The molecule has 0 fully saturated rings. The average molecular weight is 288 g/mol. The maximum Gasteiger partial charge on any atom is 0.407 e. The van der Waals surface area contributed by atoms with E-state index in [0.29, 0.717) is 24.9 Å². The number of hydrogen-bond acceptors (Lipinski definition) is 6. The minimum absolute atomic E-state index is 0.134. The number of halogens is 1. The highest BCUT2D eigenvalue weighted by Gasteiger charge is 2.15. The molecule has 1 heterocycles. The van der Waals surface area contributed by atoms with Gasteiger partial charge in [-0.3, -0.25) is 0 Å². The van der Waals surface area contributed by atoms with E-state index in [-0.39, 0.29) is 5.28 Å². The lowest BCUT2D eigenvalue weighted by molar-refractivity contribution is 0.0530. The van der Waals surface area contributed by atoms with Gasteiger partial charge >= 0.3 is 6.09 Å². The Balaban J connectivity index is 2.29. The molecule has 2 N–H and O–H groups in total. The maximum atomic E-state index is 11.4. The summed E-state index contributed by atoms with van der Waals surface area (Å²) >= 11 is 5.69. The fourth-order valence-corrected chi connectivity index (χ4v) is 1.38. The van der Waals surface area contributed by atoms with Gasteiger partial charge in [0.05, 0.1) is 0 Å². The minimum Gasteiger partial charge on any atom is -0.444 e. The number of nitrogens with zero attached hydrogens (tertiary/aromatic N) is 3. The van der Waals surface area contributed by atoms with Crippen molar-refractivity contribution in [2.45, 2.75) is 33.3 Å². The van der Waals surface area contributed by atoms with Crippen molar-refractivity contribution in [1.82, 2.24) is 20.3 Å². The van der Waals surface area contributed by atoms with Crippen molar-refractivity contribution >= 4 is 23.6 Å². The van der Waals surface area contributed by atoms with Gasteiger partial charge in [0.2, 0.25) is 11.2 Å². The number of ether oxygens (including phenoxy) is 1. The number of aromatic nitrogens is 3. The molecule has 0 aliphatic heterocycles. The minimum atomic E-state index is -0.504. The van der Waals surface area contributed by atoms with E-state index in [1.54, 1.807) is 27.7 Å². The van der Waals surface area contributed by atoms with Crippen LogP contribution in [0.5, 0.6) is 0 Å². The van der Waals surface area contributed by atoms with Gasteiger partial charge in [0.25, 0.3) is 0 Å². The molecule has 0 spiro atoms. The largest absolute Gasteiger partial charge is 0.444 e. The number of aryl methyl sites for hydroxylation is 1. The molecule has 19 heavy (non-hydrogen) atoms. The van der Waals surface area contributed by atoms with E-state index in [2.05, 4.69) is 25.6 Å². The zero-order chi connectivity index (χ0) is 14.5. The second-order valence-electron chi connectivity index (χ2n) is 4.83. The number of anilines is 1. The fourth-order valence-electron chi connectivity index (χ4n) is 1.18. The summed E-state index contributed by atoms with van der Waals surface area (Å²) in [5.41, 5.74) is -0.504. The average Bonchev–Trinajstić information content (AvgIpc) is 2.20. The van der Waals surface area contributed by atoms with Crippen molar-refractivity contribution in [1.29, 1.82) is 0 Å². The molecule has 0 aliphatic rings. The lowest BCUT2D eigenvalue weighted by Crippen LogP contribution is -2.35. The number of nitrogens with one attached hydrogen (secondary N) is 2. The highest BCUT2D eigenvalue weighted by atomic mass is 35.5. The Hall–Kier alpha value is -1.63. The zero-order valence-corrected chi connectivity index (χ0v) is 12.2. The summed E-state index contributed by atoms with van der Waals surface area (Å²) < 4.78 is 5.09. The van der Waals surface area contributed by atoms with Crippen LogP contribution in [-0.4, -0.2) is 39.7 Å². The third-order valence-electron chi connectivity index (χ3n) is 1.80. The predicted molar refractivity (Wildman–Crippen MR) is 72.3 cm³/mol. The molecule has 0 saturated heterocycles. The highest BCUT2D eigenvalue weighted by Crippen LogP contribution is 2.06. The molecule has 8 heteroatoms. The molecular weight excluding hydrogens is 270 g/mol. The molecule has 7 nitrogen and oxygen atoms in total. The summed E-state index contributed by atoms with van der Waals surface area (Å²) in [4.78, 5) is 23.1. The summed E-state index contributed by atoms with van der Waals surface area (Å²) in [6.07, 6.45) is -0.459. The second kappa shape index (κ2) is 6.51. The zero-order valence-electron chi connectivity index (χ0n) is 11.5. The van der Waals surface area contributed by atoms with Gasteiger partial charge in [-0.15, -0.1) is 0 Å². The Morgan fingerprint density at radius 2 is 1.95 bits per heavy atom. The second-order valence-corrected chi connectivity index (χ2v) is 5.17.